The van der Waals surface area contributed by atoms with Gasteiger partial charge in [-0.2, -0.15) is 13.2 Å². The molecule has 0 bridgehead atoms. The highest BCUT2D eigenvalue weighted by atomic mass is 35.5. The number of nitrogens with zero attached hydrogens (tertiary/aromatic N) is 2. The molecule has 7 nitrogen and oxygen atoms in total. The summed E-state index contributed by atoms with van der Waals surface area (Å²) in [6, 6.07) is 14.3. The maximum atomic E-state index is 14.1. The second kappa shape index (κ2) is 14.9. The normalized spacial score (nSPS) is 13.2. The Labute approximate surface area is 269 Å². The number of rotatable bonds is 12. The van der Waals surface area contributed by atoms with Gasteiger partial charge in [0.15, 0.2) is 0 Å². The van der Waals surface area contributed by atoms with E-state index in [0.29, 0.717) is 34.0 Å². The number of carbonyl (C=O) groups is 2. The van der Waals surface area contributed by atoms with Gasteiger partial charge < -0.3 is 10.2 Å². The standard InChI is InChI=1S/C30H31Cl3F3N3O4S/c1-4-19(2)37-29(41)27(15-20-8-6-5-7-9-20)38(17-21-10-12-23(31)25(33)14-21)28(40)18-39(44(3,42)43)26-16-22(30(34,35)36)11-13-24(26)32/h5-14,16,19,27H,4,15,17-18H2,1-3H3,(H,37,41). The summed E-state index contributed by atoms with van der Waals surface area (Å²) in [6.07, 6.45) is -3.40. The molecule has 2 unspecified atom stereocenters. The molecule has 0 aromatic heterocycles. The van der Waals surface area contributed by atoms with E-state index < -0.39 is 51.9 Å². The average molecular weight is 693 g/mol. The predicted octanol–water partition coefficient (Wildman–Crippen LogP) is 6.99. The Hall–Kier alpha value is -2.99. The third kappa shape index (κ3) is 9.50. The summed E-state index contributed by atoms with van der Waals surface area (Å²) in [6.45, 7) is 2.53. The van der Waals surface area contributed by atoms with E-state index in [0.717, 1.165) is 12.3 Å². The van der Waals surface area contributed by atoms with Crippen LogP contribution in [0.25, 0.3) is 0 Å². The van der Waals surface area contributed by atoms with Gasteiger partial charge in [0.25, 0.3) is 0 Å². The summed E-state index contributed by atoms with van der Waals surface area (Å²) >= 11 is 18.5. The number of halogens is 6. The lowest BCUT2D eigenvalue weighted by Crippen LogP contribution is -2.54. The lowest BCUT2D eigenvalue weighted by Gasteiger charge is -2.34. The molecule has 0 fully saturated rings. The van der Waals surface area contributed by atoms with Crippen molar-refractivity contribution in [1.82, 2.24) is 10.2 Å². The predicted molar refractivity (Wildman–Crippen MR) is 167 cm³/mol. The van der Waals surface area contributed by atoms with Crippen LogP contribution in [0.3, 0.4) is 0 Å². The molecule has 0 aliphatic rings. The Morgan fingerprint density at radius 1 is 0.909 bits per heavy atom. The molecule has 0 aliphatic carbocycles. The molecule has 44 heavy (non-hydrogen) atoms. The van der Waals surface area contributed by atoms with Crippen molar-refractivity contribution in [2.75, 3.05) is 17.1 Å². The Morgan fingerprint density at radius 3 is 2.11 bits per heavy atom. The van der Waals surface area contributed by atoms with Crippen LogP contribution < -0.4 is 9.62 Å². The van der Waals surface area contributed by atoms with Gasteiger partial charge in [0.05, 0.1) is 32.6 Å². The number of anilines is 1. The average Bonchev–Trinajstić information content (AvgIpc) is 2.95. The molecule has 238 valence electrons. The molecule has 0 radical (unpaired) electrons. The lowest BCUT2D eigenvalue weighted by atomic mass is 10.0. The molecule has 2 atom stereocenters. The molecule has 0 saturated carbocycles. The van der Waals surface area contributed by atoms with Crippen molar-refractivity contribution in [1.29, 1.82) is 0 Å². The molecule has 1 N–H and O–H groups in total. The van der Waals surface area contributed by atoms with Crippen molar-refractivity contribution in [2.45, 2.75) is 51.5 Å². The maximum absolute atomic E-state index is 14.1. The second-order valence-corrected chi connectivity index (χ2v) is 13.4. The van der Waals surface area contributed by atoms with E-state index in [1.165, 1.54) is 17.0 Å². The largest absolute Gasteiger partial charge is 0.416 e. The first-order valence-corrected chi connectivity index (χ1v) is 16.4. The molecule has 0 heterocycles. The summed E-state index contributed by atoms with van der Waals surface area (Å²) < 4.78 is 67.0. The van der Waals surface area contributed by atoms with Crippen molar-refractivity contribution in [3.8, 4) is 0 Å². The zero-order valence-corrected chi connectivity index (χ0v) is 27.1. The van der Waals surface area contributed by atoms with Crippen LogP contribution in [0, 0.1) is 0 Å². The van der Waals surface area contributed by atoms with Gasteiger partial charge in [-0.3, -0.25) is 13.9 Å². The number of carbonyl (C=O) groups excluding carboxylic acids is 2. The number of nitrogens with one attached hydrogen (secondary N) is 1. The van der Waals surface area contributed by atoms with Gasteiger partial charge in [-0.15, -0.1) is 0 Å². The van der Waals surface area contributed by atoms with E-state index >= 15 is 0 Å². The minimum atomic E-state index is -4.80. The van der Waals surface area contributed by atoms with Gasteiger partial charge in [0, 0.05) is 19.0 Å². The number of benzene rings is 3. The van der Waals surface area contributed by atoms with Crippen molar-refractivity contribution in [3.05, 3.63) is 98.5 Å². The van der Waals surface area contributed by atoms with E-state index in [2.05, 4.69) is 5.32 Å². The number of hydrogen-bond donors (Lipinski definition) is 1. The fourth-order valence-corrected chi connectivity index (χ4v) is 5.75. The molecule has 3 aromatic rings. The highest BCUT2D eigenvalue weighted by Gasteiger charge is 2.36. The van der Waals surface area contributed by atoms with Gasteiger partial charge in [-0.05, 0) is 54.8 Å². The van der Waals surface area contributed by atoms with Crippen molar-refractivity contribution in [2.24, 2.45) is 0 Å². The van der Waals surface area contributed by atoms with Gasteiger partial charge in [-0.1, -0.05) is 78.1 Å². The van der Waals surface area contributed by atoms with Crippen molar-refractivity contribution in [3.63, 3.8) is 0 Å². The SMILES string of the molecule is CCC(C)NC(=O)C(Cc1ccccc1)N(Cc1ccc(Cl)c(Cl)c1)C(=O)CN(c1cc(C(F)(F)F)ccc1Cl)S(C)(=O)=O. The first kappa shape index (κ1) is 35.5. The van der Waals surface area contributed by atoms with Gasteiger partial charge >= 0.3 is 6.18 Å². The Balaban J connectivity index is 2.14. The van der Waals surface area contributed by atoms with Gasteiger partial charge in [0.1, 0.15) is 12.6 Å². The first-order chi connectivity index (χ1) is 20.5. The summed E-state index contributed by atoms with van der Waals surface area (Å²) in [5, 5.41) is 3.01. The summed E-state index contributed by atoms with van der Waals surface area (Å²) in [5.41, 5.74) is -0.495. The van der Waals surface area contributed by atoms with E-state index in [1.807, 2.05) is 6.92 Å². The number of sulfonamides is 1. The molecular formula is C30H31Cl3F3N3O4S. The van der Waals surface area contributed by atoms with E-state index in [4.69, 9.17) is 34.8 Å². The van der Waals surface area contributed by atoms with Crippen LogP contribution in [0.5, 0.6) is 0 Å². The Bertz CT molecular complexity index is 1590. The van der Waals surface area contributed by atoms with E-state index in [-0.39, 0.29) is 34.1 Å². The van der Waals surface area contributed by atoms with Crippen LogP contribution in [0.15, 0.2) is 66.7 Å². The molecule has 14 heteroatoms. The first-order valence-electron chi connectivity index (χ1n) is 13.4. The Kier molecular flexibility index (Phi) is 12.0. The van der Waals surface area contributed by atoms with Crippen LogP contribution in [0.1, 0.15) is 37.0 Å². The van der Waals surface area contributed by atoms with Crippen LogP contribution in [-0.4, -0.2) is 50.0 Å². The summed E-state index contributed by atoms with van der Waals surface area (Å²) in [4.78, 5) is 29.0. The minimum Gasteiger partial charge on any atom is -0.352 e. The van der Waals surface area contributed by atoms with Crippen LogP contribution in [-0.2, 0) is 38.8 Å². The smallest absolute Gasteiger partial charge is 0.352 e. The van der Waals surface area contributed by atoms with Crippen molar-refractivity contribution >= 4 is 62.3 Å². The summed E-state index contributed by atoms with van der Waals surface area (Å²) in [7, 11) is -4.35. The van der Waals surface area contributed by atoms with Gasteiger partial charge in [-0.25, -0.2) is 8.42 Å². The third-order valence-corrected chi connectivity index (χ3v) is 9.02. The maximum Gasteiger partial charge on any atom is 0.416 e. The molecule has 2 amide bonds. The number of amides is 2. The molecular weight excluding hydrogens is 662 g/mol. The topological polar surface area (TPSA) is 86.8 Å². The Morgan fingerprint density at radius 2 is 1.55 bits per heavy atom. The zero-order chi connectivity index (χ0) is 32.8. The fraction of sp³-hybridized carbons (Fsp3) is 0.333. The summed E-state index contributed by atoms with van der Waals surface area (Å²) in [5.74, 6) is -1.37. The molecule has 3 rings (SSSR count). The quantitative estimate of drug-likeness (QED) is 0.222. The van der Waals surface area contributed by atoms with E-state index in [1.54, 1.807) is 43.3 Å². The minimum absolute atomic E-state index is 0.0549. The highest BCUT2D eigenvalue weighted by molar-refractivity contribution is 7.92. The van der Waals surface area contributed by atoms with E-state index in [9.17, 15) is 31.2 Å². The third-order valence-electron chi connectivity index (χ3n) is 6.83. The van der Waals surface area contributed by atoms with Crippen LogP contribution >= 0.6 is 34.8 Å². The molecule has 3 aromatic carbocycles. The number of hydrogen-bond acceptors (Lipinski definition) is 4. The molecule has 0 aliphatic heterocycles. The monoisotopic (exact) mass is 691 g/mol. The lowest BCUT2D eigenvalue weighted by molar-refractivity contribution is -0.140. The molecule has 0 spiro atoms. The van der Waals surface area contributed by atoms with Gasteiger partial charge in [0.2, 0.25) is 21.8 Å². The molecule has 0 saturated heterocycles. The fourth-order valence-electron chi connectivity index (χ4n) is 4.30. The second-order valence-electron chi connectivity index (χ2n) is 10.2. The van der Waals surface area contributed by atoms with Crippen LogP contribution in [0.2, 0.25) is 15.1 Å². The number of alkyl halides is 3. The van der Waals surface area contributed by atoms with Crippen LogP contribution in [0.4, 0.5) is 18.9 Å². The van der Waals surface area contributed by atoms with Crippen molar-refractivity contribution < 1.29 is 31.2 Å². The zero-order valence-electron chi connectivity index (χ0n) is 24.0. The highest BCUT2D eigenvalue weighted by Crippen LogP contribution is 2.36.